The molecule has 0 unspecified atom stereocenters. The third-order valence-corrected chi connectivity index (χ3v) is 3.05. The van der Waals surface area contributed by atoms with E-state index < -0.39 is 0 Å². The van der Waals surface area contributed by atoms with E-state index in [1.165, 1.54) is 23.6 Å². The molecule has 0 aliphatic carbocycles. The zero-order valence-electron chi connectivity index (χ0n) is 10.1. The third-order valence-electron chi connectivity index (χ3n) is 3.05. The predicted octanol–water partition coefficient (Wildman–Crippen LogP) is 3.05. The van der Waals surface area contributed by atoms with Crippen LogP contribution in [0.3, 0.4) is 0 Å². The fourth-order valence-electron chi connectivity index (χ4n) is 1.99. The number of aryl methyl sites for hydroxylation is 3. The zero-order valence-corrected chi connectivity index (χ0v) is 10.1. The largest absolute Gasteiger partial charge is 0.358 e. The van der Waals surface area contributed by atoms with Crippen molar-refractivity contribution in [3.05, 3.63) is 29.0 Å². The van der Waals surface area contributed by atoms with Crippen molar-refractivity contribution >= 4 is 22.5 Å². The highest BCUT2D eigenvalue weighted by Crippen LogP contribution is 2.28. The minimum absolute atomic E-state index is 0.0394. The van der Waals surface area contributed by atoms with Crippen LogP contribution in [0.2, 0.25) is 0 Å². The van der Waals surface area contributed by atoms with E-state index in [-0.39, 0.29) is 5.91 Å². The van der Waals surface area contributed by atoms with Crippen molar-refractivity contribution in [3.8, 4) is 0 Å². The van der Waals surface area contributed by atoms with Crippen LogP contribution in [0.5, 0.6) is 0 Å². The van der Waals surface area contributed by atoms with Gasteiger partial charge in [0.15, 0.2) is 0 Å². The molecule has 84 valence electrons. The first-order chi connectivity index (χ1) is 7.50. The lowest BCUT2D eigenvalue weighted by Crippen LogP contribution is -2.07. The van der Waals surface area contributed by atoms with Gasteiger partial charge in [-0.3, -0.25) is 4.79 Å². The number of aromatic nitrogens is 1. The molecule has 3 heteroatoms. The summed E-state index contributed by atoms with van der Waals surface area (Å²) in [4.78, 5) is 14.4. The summed E-state index contributed by atoms with van der Waals surface area (Å²) in [6, 6.07) is 4.01. The first-order valence-corrected chi connectivity index (χ1v) is 5.36. The number of benzene rings is 1. The number of amides is 1. The Hall–Kier alpha value is -1.77. The van der Waals surface area contributed by atoms with Crippen molar-refractivity contribution in [2.24, 2.45) is 0 Å². The van der Waals surface area contributed by atoms with Gasteiger partial charge in [-0.1, -0.05) is 6.07 Å². The maximum absolute atomic E-state index is 11.1. The summed E-state index contributed by atoms with van der Waals surface area (Å²) >= 11 is 0. The highest BCUT2D eigenvalue weighted by Gasteiger charge is 2.09. The van der Waals surface area contributed by atoms with Crippen LogP contribution in [0, 0.1) is 20.8 Å². The molecular formula is C13H16N2O. The Morgan fingerprint density at radius 3 is 2.50 bits per heavy atom. The highest BCUT2D eigenvalue weighted by atomic mass is 16.1. The smallest absolute Gasteiger partial charge is 0.221 e. The number of hydrogen-bond donors (Lipinski definition) is 2. The molecule has 0 aliphatic heterocycles. The molecule has 1 aromatic heterocycles. The summed E-state index contributed by atoms with van der Waals surface area (Å²) in [5.41, 5.74) is 5.52. The van der Waals surface area contributed by atoms with Crippen LogP contribution in [0.25, 0.3) is 10.9 Å². The van der Waals surface area contributed by atoms with E-state index in [0.717, 1.165) is 16.8 Å². The Labute approximate surface area is 94.9 Å². The van der Waals surface area contributed by atoms with Gasteiger partial charge in [-0.15, -0.1) is 0 Å². The van der Waals surface area contributed by atoms with Crippen molar-refractivity contribution < 1.29 is 4.79 Å². The molecule has 0 atom stereocenters. The molecule has 16 heavy (non-hydrogen) atoms. The predicted molar refractivity (Wildman–Crippen MR) is 66.8 cm³/mol. The van der Waals surface area contributed by atoms with E-state index in [1.807, 2.05) is 19.1 Å². The van der Waals surface area contributed by atoms with Gasteiger partial charge in [0, 0.05) is 23.7 Å². The number of fused-ring (bicyclic) bond motifs is 1. The number of rotatable bonds is 1. The first-order valence-electron chi connectivity index (χ1n) is 5.36. The molecule has 2 aromatic rings. The summed E-state index contributed by atoms with van der Waals surface area (Å²) in [5, 5.41) is 4.06. The Balaban J connectivity index is 2.65. The van der Waals surface area contributed by atoms with Crippen molar-refractivity contribution in [3.63, 3.8) is 0 Å². The van der Waals surface area contributed by atoms with Crippen LogP contribution in [0.4, 0.5) is 5.69 Å². The second-order valence-corrected chi connectivity index (χ2v) is 4.22. The van der Waals surface area contributed by atoms with Crippen molar-refractivity contribution in [1.29, 1.82) is 0 Å². The molecule has 3 nitrogen and oxygen atoms in total. The molecule has 1 aromatic carbocycles. The van der Waals surface area contributed by atoms with E-state index in [1.54, 1.807) is 0 Å². The average molecular weight is 216 g/mol. The Morgan fingerprint density at radius 1 is 1.19 bits per heavy atom. The maximum Gasteiger partial charge on any atom is 0.221 e. The number of carbonyl (C=O) groups excluding carboxylic acids is 1. The van der Waals surface area contributed by atoms with Crippen molar-refractivity contribution in [1.82, 2.24) is 4.98 Å². The molecule has 0 spiro atoms. The van der Waals surface area contributed by atoms with E-state index in [2.05, 4.69) is 24.1 Å². The fourth-order valence-corrected chi connectivity index (χ4v) is 1.99. The van der Waals surface area contributed by atoms with Gasteiger partial charge in [0.1, 0.15) is 0 Å². The molecule has 2 rings (SSSR count). The van der Waals surface area contributed by atoms with Crippen molar-refractivity contribution in [2.45, 2.75) is 27.7 Å². The first kappa shape index (κ1) is 10.7. The molecule has 0 fully saturated rings. The quantitative estimate of drug-likeness (QED) is 0.756. The van der Waals surface area contributed by atoms with Gasteiger partial charge < -0.3 is 10.3 Å². The van der Waals surface area contributed by atoms with E-state index in [0.29, 0.717) is 0 Å². The average Bonchev–Trinajstić information content (AvgIpc) is 2.49. The van der Waals surface area contributed by atoms with Gasteiger partial charge in [-0.25, -0.2) is 0 Å². The van der Waals surface area contributed by atoms with Crippen LogP contribution in [0.15, 0.2) is 12.1 Å². The van der Waals surface area contributed by atoms with Crippen LogP contribution >= 0.6 is 0 Å². The fraction of sp³-hybridized carbons (Fsp3) is 0.308. The number of anilines is 1. The number of carbonyl (C=O) groups is 1. The summed E-state index contributed by atoms with van der Waals surface area (Å²) in [6.07, 6.45) is 0. The van der Waals surface area contributed by atoms with Gasteiger partial charge >= 0.3 is 0 Å². The van der Waals surface area contributed by atoms with E-state index in [9.17, 15) is 4.79 Å². The Morgan fingerprint density at radius 2 is 1.88 bits per heavy atom. The molecule has 2 N–H and O–H groups in total. The topological polar surface area (TPSA) is 44.9 Å². The molecule has 0 saturated heterocycles. The van der Waals surface area contributed by atoms with Gasteiger partial charge in [-0.2, -0.15) is 0 Å². The number of nitrogens with one attached hydrogen (secondary N) is 2. The second kappa shape index (κ2) is 3.67. The Bertz CT molecular complexity index is 567. The summed E-state index contributed by atoms with van der Waals surface area (Å²) in [7, 11) is 0. The zero-order chi connectivity index (χ0) is 11.9. The maximum atomic E-state index is 11.1. The second-order valence-electron chi connectivity index (χ2n) is 4.22. The van der Waals surface area contributed by atoms with Crippen LogP contribution in [-0.2, 0) is 4.79 Å². The number of hydrogen-bond acceptors (Lipinski definition) is 1. The molecule has 0 aliphatic rings. The lowest BCUT2D eigenvalue weighted by molar-refractivity contribution is -0.114. The molecule has 0 saturated carbocycles. The van der Waals surface area contributed by atoms with Crippen molar-refractivity contribution in [2.75, 3.05) is 5.32 Å². The van der Waals surface area contributed by atoms with Crippen LogP contribution in [0.1, 0.15) is 23.7 Å². The minimum atomic E-state index is -0.0394. The number of H-pyrrole nitrogens is 1. The molecule has 0 radical (unpaired) electrons. The third kappa shape index (κ3) is 1.58. The summed E-state index contributed by atoms with van der Waals surface area (Å²) in [6.45, 7) is 7.70. The number of aromatic amines is 1. The normalized spacial score (nSPS) is 10.8. The lowest BCUT2D eigenvalue weighted by atomic mass is 10.1. The lowest BCUT2D eigenvalue weighted by Gasteiger charge is -2.07. The standard InChI is InChI=1S/C13H16N2O/c1-7-9(3)14-13-8(2)12(15-10(4)16)6-5-11(7)13/h5-6,14H,1-4H3,(H,15,16). The molecule has 1 amide bonds. The summed E-state index contributed by atoms with van der Waals surface area (Å²) in [5.74, 6) is -0.0394. The molecule has 1 heterocycles. The SMILES string of the molecule is CC(=O)Nc1ccc2c(C)c(C)[nH]c2c1C. The Kier molecular flexibility index (Phi) is 2.46. The molecule has 0 bridgehead atoms. The monoisotopic (exact) mass is 216 g/mol. The van der Waals surface area contributed by atoms with E-state index in [4.69, 9.17) is 0 Å². The highest BCUT2D eigenvalue weighted by molar-refractivity contribution is 5.96. The van der Waals surface area contributed by atoms with Gasteiger partial charge in [-0.05, 0) is 38.0 Å². The van der Waals surface area contributed by atoms with Gasteiger partial charge in [0.2, 0.25) is 5.91 Å². The summed E-state index contributed by atoms with van der Waals surface area (Å²) < 4.78 is 0. The van der Waals surface area contributed by atoms with Gasteiger partial charge in [0.05, 0.1) is 5.52 Å². The minimum Gasteiger partial charge on any atom is -0.358 e. The molecular weight excluding hydrogens is 200 g/mol. The van der Waals surface area contributed by atoms with Gasteiger partial charge in [0.25, 0.3) is 0 Å². The van der Waals surface area contributed by atoms with E-state index >= 15 is 0 Å². The van der Waals surface area contributed by atoms with Crippen LogP contribution in [-0.4, -0.2) is 10.9 Å². The van der Waals surface area contributed by atoms with Crippen LogP contribution < -0.4 is 5.32 Å².